The fourth-order valence-corrected chi connectivity index (χ4v) is 1.81. The molecule has 0 aliphatic carbocycles. The Morgan fingerprint density at radius 2 is 2.00 bits per heavy atom. The Hall–Kier alpha value is -2.96. The summed E-state index contributed by atoms with van der Waals surface area (Å²) in [5.41, 5.74) is 0.492. The molecule has 0 saturated heterocycles. The molecule has 2 rings (SSSR count). The predicted octanol–water partition coefficient (Wildman–Crippen LogP) is 3.48. The standard InChI is InChI=1S/C14H11FN2O4/c1-8-6-10(3-4-11(8)15)16-12-7-9(14(18)19)2-5-13(12)17(20)21/h2-7,16H,1H3,(H,18,19). The zero-order valence-corrected chi connectivity index (χ0v) is 11.0. The molecule has 0 fully saturated rings. The van der Waals surface area contributed by atoms with E-state index in [1.165, 1.54) is 24.3 Å². The highest BCUT2D eigenvalue weighted by Crippen LogP contribution is 2.29. The van der Waals surface area contributed by atoms with Crippen LogP contribution in [0.4, 0.5) is 21.5 Å². The Kier molecular flexibility index (Phi) is 3.84. The van der Waals surface area contributed by atoms with Gasteiger partial charge in [0.05, 0.1) is 10.5 Å². The summed E-state index contributed by atoms with van der Waals surface area (Å²) in [7, 11) is 0. The maximum atomic E-state index is 13.2. The number of nitro benzene ring substituents is 1. The van der Waals surface area contributed by atoms with E-state index in [2.05, 4.69) is 5.32 Å². The molecule has 2 aromatic rings. The number of aromatic carboxylic acids is 1. The average molecular weight is 290 g/mol. The molecule has 2 aromatic carbocycles. The van der Waals surface area contributed by atoms with Crippen molar-refractivity contribution >= 4 is 23.0 Å². The van der Waals surface area contributed by atoms with Crippen LogP contribution in [0.3, 0.4) is 0 Å². The summed E-state index contributed by atoms with van der Waals surface area (Å²) < 4.78 is 13.2. The minimum absolute atomic E-state index is 0.0332. The molecule has 6 nitrogen and oxygen atoms in total. The van der Waals surface area contributed by atoms with E-state index in [-0.39, 0.29) is 16.9 Å². The van der Waals surface area contributed by atoms with E-state index in [4.69, 9.17) is 5.11 Å². The zero-order valence-electron chi connectivity index (χ0n) is 11.0. The first kappa shape index (κ1) is 14.4. The van der Waals surface area contributed by atoms with Gasteiger partial charge in [-0.1, -0.05) is 0 Å². The summed E-state index contributed by atoms with van der Waals surface area (Å²) in [6, 6.07) is 7.55. The first-order valence-electron chi connectivity index (χ1n) is 5.93. The third kappa shape index (κ3) is 3.14. The number of aryl methyl sites for hydroxylation is 1. The van der Waals surface area contributed by atoms with Crippen molar-refractivity contribution in [1.82, 2.24) is 0 Å². The molecule has 0 spiro atoms. The maximum Gasteiger partial charge on any atom is 0.335 e. The fraction of sp³-hybridized carbons (Fsp3) is 0.0714. The van der Waals surface area contributed by atoms with Crippen LogP contribution in [0, 0.1) is 22.9 Å². The Morgan fingerprint density at radius 1 is 1.29 bits per heavy atom. The molecule has 0 aliphatic rings. The molecule has 0 atom stereocenters. The topological polar surface area (TPSA) is 92.5 Å². The summed E-state index contributed by atoms with van der Waals surface area (Å²) in [6.07, 6.45) is 0. The van der Waals surface area contributed by atoms with Crippen LogP contribution in [0.25, 0.3) is 0 Å². The van der Waals surface area contributed by atoms with Crippen molar-refractivity contribution in [3.63, 3.8) is 0 Å². The highest BCUT2D eigenvalue weighted by atomic mass is 19.1. The first-order valence-corrected chi connectivity index (χ1v) is 5.93. The van der Waals surface area contributed by atoms with E-state index in [1.54, 1.807) is 6.92 Å². The highest BCUT2D eigenvalue weighted by Gasteiger charge is 2.17. The lowest BCUT2D eigenvalue weighted by Gasteiger charge is -2.09. The third-order valence-corrected chi connectivity index (χ3v) is 2.88. The summed E-state index contributed by atoms with van der Waals surface area (Å²) in [6.45, 7) is 1.56. The minimum atomic E-state index is -1.19. The minimum Gasteiger partial charge on any atom is -0.478 e. The second-order valence-corrected chi connectivity index (χ2v) is 4.38. The number of nitrogens with zero attached hydrogens (tertiary/aromatic N) is 1. The van der Waals surface area contributed by atoms with Gasteiger partial charge in [-0.15, -0.1) is 0 Å². The first-order chi connectivity index (χ1) is 9.88. The van der Waals surface area contributed by atoms with E-state index >= 15 is 0 Å². The van der Waals surface area contributed by atoms with Gasteiger partial charge in [0.1, 0.15) is 11.5 Å². The normalized spacial score (nSPS) is 10.2. The third-order valence-electron chi connectivity index (χ3n) is 2.88. The number of hydrogen-bond acceptors (Lipinski definition) is 4. The average Bonchev–Trinajstić information content (AvgIpc) is 2.42. The molecule has 0 heterocycles. The highest BCUT2D eigenvalue weighted by molar-refractivity contribution is 5.90. The molecule has 0 amide bonds. The molecule has 0 bridgehead atoms. The predicted molar refractivity (Wildman–Crippen MR) is 74.5 cm³/mol. The van der Waals surface area contributed by atoms with Gasteiger partial charge in [-0.2, -0.15) is 0 Å². The van der Waals surface area contributed by atoms with Crippen LogP contribution in [0.5, 0.6) is 0 Å². The van der Waals surface area contributed by atoms with Crippen molar-refractivity contribution in [1.29, 1.82) is 0 Å². The second-order valence-electron chi connectivity index (χ2n) is 4.38. The van der Waals surface area contributed by atoms with Gasteiger partial charge in [-0.05, 0) is 42.8 Å². The smallest absolute Gasteiger partial charge is 0.335 e. The van der Waals surface area contributed by atoms with Gasteiger partial charge in [0.15, 0.2) is 0 Å². The van der Waals surface area contributed by atoms with Gasteiger partial charge >= 0.3 is 5.97 Å². The SMILES string of the molecule is Cc1cc(Nc2cc(C(=O)O)ccc2[N+](=O)[O-])ccc1F. The number of benzene rings is 2. The molecular weight excluding hydrogens is 279 g/mol. The van der Waals surface area contributed by atoms with Gasteiger partial charge < -0.3 is 10.4 Å². The van der Waals surface area contributed by atoms with Crippen molar-refractivity contribution < 1.29 is 19.2 Å². The van der Waals surface area contributed by atoms with Gasteiger partial charge in [-0.25, -0.2) is 9.18 Å². The van der Waals surface area contributed by atoms with Crippen LogP contribution in [-0.4, -0.2) is 16.0 Å². The molecule has 7 heteroatoms. The number of carbonyl (C=O) groups is 1. The van der Waals surface area contributed by atoms with Gasteiger partial charge in [0, 0.05) is 11.8 Å². The van der Waals surface area contributed by atoms with Gasteiger partial charge in [0.25, 0.3) is 5.69 Å². The number of nitro groups is 1. The van der Waals surface area contributed by atoms with E-state index in [0.29, 0.717) is 11.3 Å². The lowest BCUT2D eigenvalue weighted by molar-refractivity contribution is -0.383. The van der Waals surface area contributed by atoms with E-state index in [0.717, 1.165) is 12.1 Å². The molecule has 0 aromatic heterocycles. The Labute approximate surface area is 119 Å². The molecule has 108 valence electrons. The van der Waals surface area contributed by atoms with Crippen molar-refractivity contribution in [2.45, 2.75) is 6.92 Å². The Morgan fingerprint density at radius 3 is 2.57 bits per heavy atom. The number of rotatable bonds is 4. The van der Waals surface area contributed by atoms with E-state index in [9.17, 15) is 19.3 Å². The fourth-order valence-electron chi connectivity index (χ4n) is 1.81. The summed E-state index contributed by atoms with van der Waals surface area (Å²) in [5, 5.41) is 22.7. The molecule has 21 heavy (non-hydrogen) atoms. The van der Waals surface area contributed by atoms with E-state index in [1.807, 2.05) is 0 Å². The number of hydrogen-bond donors (Lipinski definition) is 2. The molecule has 2 N–H and O–H groups in total. The number of nitrogens with one attached hydrogen (secondary N) is 1. The van der Waals surface area contributed by atoms with Crippen molar-refractivity contribution in [2.75, 3.05) is 5.32 Å². The monoisotopic (exact) mass is 290 g/mol. The quantitative estimate of drug-likeness (QED) is 0.664. The van der Waals surface area contributed by atoms with Crippen molar-refractivity contribution in [3.05, 3.63) is 63.5 Å². The summed E-state index contributed by atoms with van der Waals surface area (Å²) >= 11 is 0. The summed E-state index contributed by atoms with van der Waals surface area (Å²) in [5.74, 6) is -1.59. The van der Waals surface area contributed by atoms with Gasteiger partial charge in [0.2, 0.25) is 0 Å². The second kappa shape index (κ2) is 5.58. The zero-order chi connectivity index (χ0) is 15.6. The lowest BCUT2D eigenvalue weighted by Crippen LogP contribution is -2.02. The number of halogens is 1. The molecule has 0 aliphatic heterocycles. The maximum absolute atomic E-state index is 13.2. The molecular formula is C14H11FN2O4. The van der Waals surface area contributed by atoms with Crippen molar-refractivity contribution in [3.8, 4) is 0 Å². The molecule has 0 unspecified atom stereocenters. The number of carboxylic acid groups (broad SMARTS) is 1. The van der Waals surface area contributed by atoms with E-state index < -0.39 is 16.7 Å². The van der Waals surface area contributed by atoms with Crippen LogP contribution in [0.1, 0.15) is 15.9 Å². The Bertz CT molecular complexity index is 731. The number of anilines is 2. The summed E-state index contributed by atoms with van der Waals surface area (Å²) in [4.78, 5) is 21.3. The van der Waals surface area contributed by atoms with Crippen LogP contribution < -0.4 is 5.32 Å². The Balaban J connectivity index is 2.45. The van der Waals surface area contributed by atoms with Gasteiger partial charge in [-0.3, -0.25) is 10.1 Å². The van der Waals surface area contributed by atoms with Crippen LogP contribution in [-0.2, 0) is 0 Å². The van der Waals surface area contributed by atoms with Crippen LogP contribution in [0.15, 0.2) is 36.4 Å². The largest absolute Gasteiger partial charge is 0.478 e. The lowest BCUT2D eigenvalue weighted by atomic mass is 10.1. The molecule has 0 saturated carbocycles. The number of carboxylic acids is 1. The van der Waals surface area contributed by atoms with Crippen LogP contribution in [0.2, 0.25) is 0 Å². The van der Waals surface area contributed by atoms with Crippen molar-refractivity contribution in [2.24, 2.45) is 0 Å². The molecule has 0 radical (unpaired) electrons. The van der Waals surface area contributed by atoms with Crippen LogP contribution >= 0.6 is 0 Å².